The smallest absolute Gasteiger partial charge is 0.238 e. The average Bonchev–Trinajstić information content (AvgIpc) is 2.76. The number of primary sulfonamides is 1. The summed E-state index contributed by atoms with van der Waals surface area (Å²) in [6.45, 7) is 1.95. The molecule has 1 aromatic heterocycles. The number of pyridine rings is 1. The molecule has 0 atom stereocenters. The summed E-state index contributed by atoms with van der Waals surface area (Å²) in [5.74, 6) is 0.349. The van der Waals surface area contributed by atoms with Crippen LogP contribution < -0.4 is 15.2 Å². The second-order valence-corrected chi connectivity index (χ2v) is 9.40. The van der Waals surface area contributed by atoms with Crippen molar-refractivity contribution in [3.63, 3.8) is 0 Å². The first-order chi connectivity index (χ1) is 15.7. The quantitative estimate of drug-likeness (QED) is 0.410. The molecule has 0 saturated heterocycles. The number of nitrogens with zero attached hydrogens (tertiary/aromatic N) is 1. The normalized spacial score (nSPS) is 11.4. The molecule has 0 unspecified atom stereocenters. The third kappa shape index (κ3) is 5.31. The van der Waals surface area contributed by atoms with Gasteiger partial charge in [0.25, 0.3) is 0 Å². The predicted octanol–water partition coefficient (Wildman–Crippen LogP) is 4.82. The van der Waals surface area contributed by atoms with E-state index in [4.69, 9.17) is 21.5 Å². The number of sulfonamides is 1. The Morgan fingerprint density at radius 3 is 2.48 bits per heavy atom. The number of hydrogen-bond acceptors (Lipinski definition) is 5. The minimum absolute atomic E-state index is 0.0161. The number of aryl methyl sites for hydroxylation is 1. The highest BCUT2D eigenvalue weighted by Crippen LogP contribution is 2.34. The lowest BCUT2D eigenvalue weighted by Crippen LogP contribution is -2.17. The lowest BCUT2D eigenvalue weighted by atomic mass is 10.1. The van der Waals surface area contributed by atoms with Crippen molar-refractivity contribution in [1.29, 1.82) is 0 Å². The molecule has 168 valence electrons. The minimum atomic E-state index is -4.10. The Bertz CT molecular complexity index is 1450. The summed E-state index contributed by atoms with van der Waals surface area (Å²) >= 11 is 6.14. The number of anilines is 1. The molecule has 0 aliphatic rings. The Balaban J connectivity index is 1.74. The molecule has 1 amide bonds. The van der Waals surface area contributed by atoms with Gasteiger partial charge in [-0.1, -0.05) is 47.5 Å². The number of ether oxygens (including phenoxy) is 1. The van der Waals surface area contributed by atoms with E-state index in [0.717, 1.165) is 5.56 Å². The number of hydrogen-bond donors (Lipinski definition) is 2. The van der Waals surface area contributed by atoms with Crippen molar-refractivity contribution in [2.45, 2.75) is 18.2 Å². The van der Waals surface area contributed by atoms with Crippen molar-refractivity contribution < 1.29 is 17.9 Å². The number of carbonyl (C=O) groups is 1. The highest BCUT2D eigenvalue weighted by atomic mass is 35.5. The van der Waals surface area contributed by atoms with E-state index in [1.54, 1.807) is 42.5 Å². The molecule has 0 aliphatic heterocycles. The molecule has 3 N–H and O–H groups in total. The first-order valence-corrected chi connectivity index (χ1v) is 11.9. The maximum atomic E-state index is 12.6. The number of aromatic nitrogens is 1. The molecule has 1 heterocycles. The van der Waals surface area contributed by atoms with Crippen molar-refractivity contribution in [3.05, 3.63) is 89.1 Å². The van der Waals surface area contributed by atoms with Gasteiger partial charge in [0.1, 0.15) is 5.75 Å². The van der Waals surface area contributed by atoms with Crippen molar-refractivity contribution in [2.75, 3.05) is 5.32 Å². The summed E-state index contributed by atoms with van der Waals surface area (Å²) in [6, 6.07) is 18.8. The van der Waals surface area contributed by atoms with Gasteiger partial charge in [0.2, 0.25) is 21.8 Å². The van der Waals surface area contributed by atoms with E-state index in [-0.39, 0.29) is 28.8 Å². The van der Waals surface area contributed by atoms with Crippen LogP contribution in [-0.4, -0.2) is 19.3 Å². The highest BCUT2D eigenvalue weighted by Gasteiger charge is 2.19. The van der Waals surface area contributed by atoms with Crippen LogP contribution in [0.4, 0.5) is 5.69 Å². The molecule has 7 nitrogen and oxygen atoms in total. The fourth-order valence-corrected chi connectivity index (χ4v) is 4.33. The van der Waals surface area contributed by atoms with Gasteiger partial charge in [-0.15, -0.1) is 0 Å². The van der Waals surface area contributed by atoms with Gasteiger partial charge in [-0.3, -0.25) is 4.79 Å². The average molecular weight is 482 g/mol. The molecule has 4 rings (SSSR count). The zero-order valence-electron chi connectivity index (χ0n) is 17.6. The van der Waals surface area contributed by atoms with Crippen LogP contribution in [0.25, 0.3) is 10.8 Å². The van der Waals surface area contributed by atoms with E-state index in [9.17, 15) is 13.2 Å². The van der Waals surface area contributed by atoms with Gasteiger partial charge in [-0.25, -0.2) is 18.5 Å². The summed E-state index contributed by atoms with van der Waals surface area (Å²) in [6.07, 6.45) is 1.46. The topological polar surface area (TPSA) is 111 Å². The fraction of sp³-hybridized carbons (Fsp3) is 0.0833. The van der Waals surface area contributed by atoms with Crippen LogP contribution in [0.1, 0.15) is 11.1 Å². The zero-order valence-corrected chi connectivity index (χ0v) is 19.2. The Hall–Kier alpha value is -3.46. The van der Waals surface area contributed by atoms with E-state index in [1.165, 1.54) is 18.3 Å². The molecule has 0 fully saturated rings. The largest absolute Gasteiger partial charge is 0.438 e. The van der Waals surface area contributed by atoms with Gasteiger partial charge in [0.15, 0.2) is 0 Å². The van der Waals surface area contributed by atoms with Crippen LogP contribution in [0.2, 0.25) is 5.02 Å². The molecule has 4 aromatic rings. The SMILES string of the molecule is Cc1ccc(Oc2nccc3c(S(N)(=O)=O)cc(NC(=O)Cc4ccccc4Cl)cc23)cc1. The molecule has 0 radical (unpaired) electrons. The van der Waals surface area contributed by atoms with Crippen molar-refractivity contribution >= 4 is 44.0 Å². The summed E-state index contributed by atoms with van der Waals surface area (Å²) in [4.78, 5) is 16.8. The van der Waals surface area contributed by atoms with Crippen LogP contribution in [0, 0.1) is 6.92 Å². The Morgan fingerprint density at radius 2 is 1.79 bits per heavy atom. The number of nitrogens with one attached hydrogen (secondary N) is 1. The van der Waals surface area contributed by atoms with Crippen LogP contribution in [0.3, 0.4) is 0 Å². The first kappa shape index (κ1) is 22.7. The summed E-state index contributed by atoms with van der Waals surface area (Å²) in [5.41, 5.74) is 1.95. The lowest BCUT2D eigenvalue weighted by molar-refractivity contribution is -0.115. The molecule has 33 heavy (non-hydrogen) atoms. The monoisotopic (exact) mass is 481 g/mol. The molecule has 9 heteroatoms. The number of amides is 1. The highest BCUT2D eigenvalue weighted by molar-refractivity contribution is 7.89. The number of carbonyl (C=O) groups excluding carboxylic acids is 1. The summed E-state index contributed by atoms with van der Waals surface area (Å²) in [7, 11) is -4.10. The van der Waals surface area contributed by atoms with Gasteiger partial charge < -0.3 is 10.1 Å². The lowest BCUT2D eigenvalue weighted by Gasteiger charge is -2.13. The van der Waals surface area contributed by atoms with Crippen LogP contribution in [-0.2, 0) is 21.2 Å². The molecular formula is C24H20ClN3O4S. The zero-order chi connectivity index (χ0) is 23.6. The minimum Gasteiger partial charge on any atom is -0.438 e. The van der Waals surface area contributed by atoms with Crippen LogP contribution in [0.5, 0.6) is 11.6 Å². The van der Waals surface area contributed by atoms with Crippen LogP contribution >= 0.6 is 11.6 Å². The van der Waals surface area contributed by atoms with Crippen molar-refractivity contribution in [2.24, 2.45) is 5.14 Å². The standard InChI is InChI=1S/C24H20ClN3O4S/c1-15-6-8-18(9-7-15)32-24-20-13-17(14-22(33(26,30)31)19(20)10-11-27-24)28-23(29)12-16-4-2-3-5-21(16)25/h2-11,13-14H,12H2,1H3,(H,28,29)(H2,26,30,31). The molecule has 0 aliphatic carbocycles. The Kier molecular flexibility index (Phi) is 6.33. The van der Waals surface area contributed by atoms with E-state index in [1.807, 2.05) is 19.1 Å². The van der Waals surface area contributed by atoms with Gasteiger partial charge in [0, 0.05) is 27.7 Å². The van der Waals surface area contributed by atoms with E-state index in [0.29, 0.717) is 27.1 Å². The predicted molar refractivity (Wildman–Crippen MR) is 128 cm³/mol. The maximum absolute atomic E-state index is 12.6. The van der Waals surface area contributed by atoms with E-state index in [2.05, 4.69) is 10.3 Å². The van der Waals surface area contributed by atoms with Gasteiger partial charge in [-0.2, -0.15) is 0 Å². The number of fused-ring (bicyclic) bond motifs is 1. The second kappa shape index (κ2) is 9.19. The molecule has 0 spiro atoms. The summed E-state index contributed by atoms with van der Waals surface area (Å²) in [5, 5.41) is 9.37. The van der Waals surface area contributed by atoms with Gasteiger partial charge >= 0.3 is 0 Å². The second-order valence-electron chi connectivity index (χ2n) is 7.46. The van der Waals surface area contributed by atoms with E-state index >= 15 is 0 Å². The molecular weight excluding hydrogens is 462 g/mol. The van der Waals surface area contributed by atoms with Gasteiger partial charge in [0.05, 0.1) is 11.3 Å². The molecule has 3 aromatic carbocycles. The number of nitrogens with two attached hydrogens (primary N) is 1. The van der Waals surface area contributed by atoms with Crippen molar-refractivity contribution in [3.8, 4) is 11.6 Å². The van der Waals surface area contributed by atoms with E-state index < -0.39 is 10.0 Å². The van der Waals surface area contributed by atoms with Crippen molar-refractivity contribution in [1.82, 2.24) is 4.98 Å². The number of rotatable bonds is 6. The third-order valence-electron chi connectivity index (χ3n) is 4.94. The van der Waals surface area contributed by atoms with Gasteiger partial charge in [-0.05, 0) is 48.9 Å². The Morgan fingerprint density at radius 1 is 1.06 bits per heavy atom. The molecule has 0 bridgehead atoms. The number of halogens is 1. The first-order valence-electron chi connectivity index (χ1n) is 9.94. The number of benzene rings is 3. The Labute approximate surface area is 196 Å². The molecule has 0 saturated carbocycles. The third-order valence-corrected chi connectivity index (χ3v) is 6.26. The maximum Gasteiger partial charge on any atom is 0.238 e. The summed E-state index contributed by atoms with van der Waals surface area (Å²) < 4.78 is 30.5. The fourth-order valence-electron chi connectivity index (χ4n) is 3.35. The van der Waals surface area contributed by atoms with Crippen LogP contribution in [0.15, 0.2) is 77.8 Å².